The molecular formula is C12H10ClFN4O2. The van der Waals surface area contributed by atoms with Crippen LogP contribution in [0, 0.1) is 5.82 Å². The zero-order chi connectivity index (χ0) is 14.5. The fourth-order valence-electron chi connectivity index (χ4n) is 1.39. The number of nitrogens with zero attached hydrogens (tertiary/aromatic N) is 3. The highest BCUT2D eigenvalue weighted by Gasteiger charge is 2.12. The maximum atomic E-state index is 13.0. The Morgan fingerprint density at radius 2 is 2.35 bits per heavy atom. The summed E-state index contributed by atoms with van der Waals surface area (Å²) in [5.41, 5.74) is 0.628. The zero-order valence-corrected chi connectivity index (χ0v) is 11.1. The summed E-state index contributed by atoms with van der Waals surface area (Å²) >= 11 is 5.66. The SMILES string of the molecule is COC(=O)/C(=C\Nc1ccc(F)c(Cl)c1)n1cncn1. The standard InChI is InChI=1S/C12H10ClFN4O2/c1-20-12(19)11(18-7-15-6-17-18)5-16-8-2-3-10(14)9(13)4-8/h2-7,16H,1H3/b11-5+. The molecule has 2 aromatic rings. The second-order valence-corrected chi connectivity index (χ2v) is 4.04. The number of anilines is 1. The maximum absolute atomic E-state index is 13.0. The first-order valence-electron chi connectivity index (χ1n) is 5.47. The number of halogens is 2. The summed E-state index contributed by atoms with van der Waals surface area (Å²) in [6, 6.07) is 4.09. The van der Waals surface area contributed by atoms with Crippen molar-refractivity contribution in [3.63, 3.8) is 0 Å². The van der Waals surface area contributed by atoms with Gasteiger partial charge in [0.25, 0.3) is 0 Å². The highest BCUT2D eigenvalue weighted by molar-refractivity contribution is 6.31. The van der Waals surface area contributed by atoms with E-state index >= 15 is 0 Å². The molecule has 0 saturated heterocycles. The molecule has 0 atom stereocenters. The Labute approximate surface area is 118 Å². The molecule has 104 valence electrons. The van der Waals surface area contributed by atoms with E-state index in [0.717, 1.165) is 0 Å². The monoisotopic (exact) mass is 296 g/mol. The van der Waals surface area contributed by atoms with Crippen molar-refractivity contribution in [3.05, 3.63) is 47.9 Å². The van der Waals surface area contributed by atoms with E-state index in [1.807, 2.05) is 0 Å². The quantitative estimate of drug-likeness (QED) is 0.691. The van der Waals surface area contributed by atoms with E-state index < -0.39 is 11.8 Å². The first-order valence-corrected chi connectivity index (χ1v) is 5.84. The Kier molecular flexibility index (Phi) is 4.31. The highest BCUT2D eigenvalue weighted by atomic mass is 35.5. The van der Waals surface area contributed by atoms with E-state index in [1.54, 1.807) is 0 Å². The molecule has 0 bridgehead atoms. The van der Waals surface area contributed by atoms with Crippen LogP contribution in [0.1, 0.15) is 0 Å². The minimum atomic E-state index is -0.601. The molecule has 6 nitrogen and oxygen atoms in total. The predicted molar refractivity (Wildman–Crippen MR) is 71.3 cm³/mol. The van der Waals surface area contributed by atoms with E-state index in [1.165, 1.54) is 48.8 Å². The zero-order valence-electron chi connectivity index (χ0n) is 10.4. The van der Waals surface area contributed by atoms with Gasteiger partial charge in [0, 0.05) is 11.9 Å². The molecule has 0 fully saturated rings. The molecule has 8 heteroatoms. The van der Waals surface area contributed by atoms with Crippen LogP contribution in [0.4, 0.5) is 10.1 Å². The van der Waals surface area contributed by atoms with Gasteiger partial charge in [0.1, 0.15) is 18.5 Å². The summed E-state index contributed by atoms with van der Waals surface area (Å²) in [6.45, 7) is 0. The third-order valence-electron chi connectivity index (χ3n) is 2.36. The Morgan fingerprint density at radius 1 is 1.55 bits per heavy atom. The summed E-state index contributed by atoms with van der Waals surface area (Å²) in [6.07, 6.45) is 4.00. The van der Waals surface area contributed by atoms with Gasteiger partial charge in [-0.05, 0) is 18.2 Å². The molecule has 0 unspecified atom stereocenters. The van der Waals surface area contributed by atoms with Gasteiger partial charge >= 0.3 is 5.97 Å². The van der Waals surface area contributed by atoms with E-state index in [4.69, 9.17) is 11.6 Å². The molecule has 0 aliphatic rings. The number of methoxy groups -OCH3 is 1. The van der Waals surface area contributed by atoms with Crippen molar-refractivity contribution in [1.29, 1.82) is 0 Å². The number of esters is 1. The fraction of sp³-hybridized carbons (Fsp3) is 0.0833. The topological polar surface area (TPSA) is 69.0 Å². The van der Waals surface area contributed by atoms with Gasteiger partial charge in [-0.1, -0.05) is 11.6 Å². The average molecular weight is 297 g/mol. The average Bonchev–Trinajstić information content (AvgIpc) is 2.96. The van der Waals surface area contributed by atoms with Gasteiger partial charge < -0.3 is 10.1 Å². The van der Waals surface area contributed by atoms with Crippen LogP contribution in [0.2, 0.25) is 5.02 Å². The van der Waals surface area contributed by atoms with Crippen molar-refractivity contribution in [2.45, 2.75) is 0 Å². The molecule has 1 N–H and O–H groups in total. The Bertz CT molecular complexity index is 643. The van der Waals surface area contributed by atoms with Crippen LogP contribution in [-0.2, 0) is 9.53 Å². The summed E-state index contributed by atoms with van der Waals surface area (Å²) in [7, 11) is 1.25. The number of hydrogen-bond donors (Lipinski definition) is 1. The largest absolute Gasteiger partial charge is 0.464 e. The number of carbonyl (C=O) groups excluding carboxylic acids is 1. The fourth-order valence-corrected chi connectivity index (χ4v) is 1.57. The van der Waals surface area contributed by atoms with Crippen LogP contribution < -0.4 is 5.32 Å². The molecule has 1 aromatic carbocycles. The lowest BCUT2D eigenvalue weighted by Crippen LogP contribution is -2.12. The Hall–Kier alpha value is -2.41. The molecule has 0 aliphatic heterocycles. The third kappa shape index (κ3) is 3.12. The smallest absolute Gasteiger partial charge is 0.358 e. The lowest BCUT2D eigenvalue weighted by molar-refractivity contribution is -0.134. The summed E-state index contributed by atoms with van der Waals surface area (Å²) in [5.74, 6) is -1.12. The van der Waals surface area contributed by atoms with Crippen LogP contribution in [0.5, 0.6) is 0 Å². The lowest BCUT2D eigenvalue weighted by atomic mass is 10.3. The summed E-state index contributed by atoms with van der Waals surface area (Å²) < 4.78 is 18.9. The molecule has 1 aromatic heterocycles. The van der Waals surface area contributed by atoms with Crippen molar-refractivity contribution in [2.75, 3.05) is 12.4 Å². The number of benzene rings is 1. The summed E-state index contributed by atoms with van der Waals surface area (Å²) in [5, 5.41) is 6.63. The number of ether oxygens (including phenoxy) is 1. The van der Waals surface area contributed by atoms with E-state index in [-0.39, 0.29) is 10.7 Å². The molecule has 0 spiro atoms. The van der Waals surface area contributed by atoms with Crippen molar-refractivity contribution in [3.8, 4) is 0 Å². The molecule has 0 aliphatic carbocycles. The van der Waals surface area contributed by atoms with Gasteiger partial charge in [-0.25, -0.2) is 18.9 Å². The minimum Gasteiger partial charge on any atom is -0.464 e. The number of rotatable bonds is 4. The lowest BCUT2D eigenvalue weighted by Gasteiger charge is -2.07. The van der Waals surface area contributed by atoms with Crippen LogP contribution in [0.25, 0.3) is 5.70 Å². The number of carbonyl (C=O) groups is 1. The molecule has 2 rings (SSSR count). The van der Waals surface area contributed by atoms with Gasteiger partial charge in [0.05, 0.1) is 12.1 Å². The van der Waals surface area contributed by atoms with Crippen LogP contribution in [-0.4, -0.2) is 27.8 Å². The van der Waals surface area contributed by atoms with Crippen molar-refractivity contribution < 1.29 is 13.9 Å². The highest BCUT2D eigenvalue weighted by Crippen LogP contribution is 2.19. The third-order valence-corrected chi connectivity index (χ3v) is 2.64. The van der Waals surface area contributed by atoms with Crippen LogP contribution in [0.3, 0.4) is 0 Å². The molecule has 0 amide bonds. The minimum absolute atomic E-state index is 0.0243. The van der Waals surface area contributed by atoms with Crippen molar-refractivity contribution in [1.82, 2.24) is 14.8 Å². The first kappa shape index (κ1) is 14.0. The first-order chi connectivity index (χ1) is 9.61. The normalized spacial score (nSPS) is 11.2. The van der Waals surface area contributed by atoms with Crippen molar-refractivity contribution >= 4 is 29.0 Å². The van der Waals surface area contributed by atoms with Crippen LogP contribution >= 0.6 is 11.6 Å². The number of aromatic nitrogens is 3. The molecule has 0 saturated carbocycles. The van der Waals surface area contributed by atoms with E-state index in [2.05, 4.69) is 20.1 Å². The number of hydrogen-bond acceptors (Lipinski definition) is 5. The predicted octanol–water partition coefficient (Wildman–Crippen LogP) is 2.15. The van der Waals surface area contributed by atoms with E-state index in [0.29, 0.717) is 5.69 Å². The van der Waals surface area contributed by atoms with Gasteiger partial charge in [-0.15, -0.1) is 0 Å². The Balaban J connectivity index is 2.25. The van der Waals surface area contributed by atoms with Crippen molar-refractivity contribution in [2.24, 2.45) is 0 Å². The van der Waals surface area contributed by atoms with Crippen LogP contribution in [0.15, 0.2) is 37.1 Å². The summed E-state index contributed by atoms with van der Waals surface area (Å²) in [4.78, 5) is 15.4. The van der Waals surface area contributed by atoms with Gasteiger partial charge in [0.2, 0.25) is 0 Å². The van der Waals surface area contributed by atoms with Gasteiger partial charge in [-0.2, -0.15) is 5.10 Å². The van der Waals surface area contributed by atoms with Gasteiger partial charge in [-0.3, -0.25) is 0 Å². The molecule has 20 heavy (non-hydrogen) atoms. The maximum Gasteiger partial charge on any atom is 0.358 e. The Morgan fingerprint density at radius 3 is 2.95 bits per heavy atom. The molecule has 1 heterocycles. The second kappa shape index (κ2) is 6.16. The van der Waals surface area contributed by atoms with E-state index in [9.17, 15) is 9.18 Å². The van der Waals surface area contributed by atoms with Gasteiger partial charge in [0.15, 0.2) is 5.70 Å². The molecular weight excluding hydrogens is 287 g/mol. The second-order valence-electron chi connectivity index (χ2n) is 3.63. The molecule has 0 radical (unpaired) electrons. The number of nitrogens with one attached hydrogen (secondary N) is 1.